The molecular weight excluding hydrogens is 370 g/mol. The lowest BCUT2D eigenvalue weighted by molar-refractivity contribution is -0.138. The number of benzene rings is 1. The van der Waals surface area contributed by atoms with Crippen LogP contribution >= 0.6 is 15.9 Å². The Balaban J connectivity index is 2.02. The van der Waals surface area contributed by atoms with Gasteiger partial charge in [0.15, 0.2) is 0 Å². The Morgan fingerprint density at radius 2 is 1.92 bits per heavy atom. The molecule has 1 heterocycles. The van der Waals surface area contributed by atoms with Gasteiger partial charge in [-0.25, -0.2) is 0 Å². The third-order valence-electron chi connectivity index (χ3n) is 3.73. The molecule has 0 spiro atoms. The van der Waals surface area contributed by atoms with Gasteiger partial charge in [0.25, 0.3) is 0 Å². The standard InChI is InChI=1S/C18H20BrN3O2/c1-12-10-13(19)7-8-15(12)22-17(24)18(2,3)16(23)21-11-14-6-4-5-9-20-14/h4-10H,11H2,1-3H3,(H,21,23)(H,22,24). The first-order valence-electron chi connectivity index (χ1n) is 7.56. The summed E-state index contributed by atoms with van der Waals surface area (Å²) in [7, 11) is 0. The third kappa shape index (κ3) is 4.41. The molecule has 0 radical (unpaired) electrons. The van der Waals surface area contributed by atoms with Crippen molar-refractivity contribution in [3.05, 3.63) is 58.3 Å². The van der Waals surface area contributed by atoms with Gasteiger partial charge >= 0.3 is 0 Å². The van der Waals surface area contributed by atoms with Crippen LogP contribution < -0.4 is 10.6 Å². The molecule has 2 rings (SSSR count). The normalized spacial score (nSPS) is 11.0. The van der Waals surface area contributed by atoms with Crippen LogP contribution in [0.1, 0.15) is 25.1 Å². The van der Waals surface area contributed by atoms with E-state index in [0.29, 0.717) is 5.69 Å². The maximum atomic E-state index is 12.5. The van der Waals surface area contributed by atoms with Crippen molar-refractivity contribution >= 4 is 33.4 Å². The van der Waals surface area contributed by atoms with E-state index in [2.05, 4.69) is 31.5 Å². The molecule has 126 valence electrons. The molecule has 0 bridgehead atoms. The number of hydrogen-bond donors (Lipinski definition) is 2. The Hall–Kier alpha value is -2.21. The van der Waals surface area contributed by atoms with Crippen LogP contribution in [0.4, 0.5) is 5.69 Å². The van der Waals surface area contributed by atoms with E-state index in [4.69, 9.17) is 0 Å². The van der Waals surface area contributed by atoms with Crippen LogP contribution in [0.25, 0.3) is 0 Å². The highest BCUT2D eigenvalue weighted by Crippen LogP contribution is 2.23. The zero-order chi connectivity index (χ0) is 17.7. The van der Waals surface area contributed by atoms with Gasteiger partial charge in [0.2, 0.25) is 11.8 Å². The predicted molar refractivity (Wildman–Crippen MR) is 97.4 cm³/mol. The molecule has 0 unspecified atom stereocenters. The van der Waals surface area contributed by atoms with Crippen LogP contribution in [0.15, 0.2) is 47.1 Å². The van der Waals surface area contributed by atoms with Crippen molar-refractivity contribution in [1.29, 1.82) is 0 Å². The summed E-state index contributed by atoms with van der Waals surface area (Å²) < 4.78 is 0.936. The number of aromatic nitrogens is 1. The predicted octanol–water partition coefficient (Wildman–Crippen LogP) is 3.43. The maximum Gasteiger partial charge on any atom is 0.239 e. The van der Waals surface area contributed by atoms with Crippen LogP contribution in [0.5, 0.6) is 0 Å². The number of carbonyl (C=O) groups is 2. The Morgan fingerprint density at radius 1 is 1.17 bits per heavy atom. The number of anilines is 1. The second-order valence-corrected chi connectivity index (χ2v) is 6.96. The zero-order valence-electron chi connectivity index (χ0n) is 13.9. The van der Waals surface area contributed by atoms with E-state index >= 15 is 0 Å². The fraction of sp³-hybridized carbons (Fsp3) is 0.278. The molecule has 6 heteroatoms. The van der Waals surface area contributed by atoms with E-state index in [9.17, 15) is 9.59 Å². The number of halogens is 1. The fourth-order valence-corrected chi connectivity index (χ4v) is 2.52. The van der Waals surface area contributed by atoms with E-state index in [1.165, 1.54) is 0 Å². The summed E-state index contributed by atoms with van der Waals surface area (Å²) in [6, 6.07) is 11.0. The number of nitrogens with one attached hydrogen (secondary N) is 2. The number of carbonyl (C=O) groups excluding carboxylic acids is 2. The molecule has 2 N–H and O–H groups in total. The summed E-state index contributed by atoms with van der Waals surface area (Å²) in [6.07, 6.45) is 1.66. The number of amides is 2. The SMILES string of the molecule is Cc1cc(Br)ccc1NC(=O)C(C)(C)C(=O)NCc1ccccn1. The molecular formula is C18H20BrN3O2. The summed E-state index contributed by atoms with van der Waals surface area (Å²) >= 11 is 3.39. The highest BCUT2D eigenvalue weighted by Gasteiger charge is 2.36. The largest absolute Gasteiger partial charge is 0.350 e. The van der Waals surface area contributed by atoms with Crippen LogP contribution in [0, 0.1) is 12.3 Å². The summed E-state index contributed by atoms with van der Waals surface area (Å²) in [5.41, 5.74) is 1.15. The van der Waals surface area contributed by atoms with Gasteiger partial charge in [-0.1, -0.05) is 22.0 Å². The number of rotatable bonds is 5. The monoisotopic (exact) mass is 389 g/mol. The zero-order valence-corrected chi connectivity index (χ0v) is 15.5. The van der Waals surface area contributed by atoms with Crippen molar-refractivity contribution in [3.8, 4) is 0 Å². The van der Waals surface area contributed by atoms with Gasteiger partial charge in [0, 0.05) is 16.4 Å². The lowest BCUT2D eigenvalue weighted by Crippen LogP contribution is -2.45. The topological polar surface area (TPSA) is 71.1 Å². The molecule has 2 amide bonds. The van der Waals surface area contributed by atoms with E-state index in [0.717, 1.165) is 15.7 Å². The smallest absolute Gasteiger partial charge is 0.239 e. The van der Waals surface area contributed by atoms with Crippen molar-refractivity contribution in [2.24, 2.45) is 5.41 Å². The molecule has 0 saturated heterocycles. The lowest BCUT2D eigenvalue weighted by atomic mass is 9.90. The second-order valence-electron chi connectivity index (χ2n) is 6.04. The number of pyridine rings is 1. The summed E-state index contributed by atoms with van der Waals surface area (Å²) in [5.74, 6) is -0.702. The molecule has 0 saturated carbocycles. The molecule has 0 aliphatic carbocycles. The molecule has 0 fully saturated rings. The number of nitrogens with zero attached hydrogens (tertiary/aromatic N) is 1. The van der Waals surface area contributed by atoms with Gasteiger partial charge in [0.05, 0.1) is 12.2 Å². The molecule has 2 aromatic rings. The molecule has 5 nitrogen and oxygen atoms in total. The van der Waals surface area contributed by atoms with Gasteiger partial charge in [-0.15, -0.1) is 0 Å². The average Bonchev–Trinajstić information content (AvgIpc) is 2.55. The van der Waals surface area contributed by atoms with Gasteiger partial charge in [-0.2, -0.15) is 0 Å². The van der Waals surface area contributed by atoms with Crippen molar-refractivity contribution in [2.75, 3.05) is 5.32 Å². The van der Waals surface area contributed by atoms with E-state index in [-0.39, 0.29) is 18.4 Å². The Labute approximate surface area is 150 Å². The summed E-state index contributed by atoms with van der Waals surface area (Å²) in [5, 5.41) is 5.58. The number of aryl methyl sites for hydroxylation is 1. The van der Waals surface area contributed by atoms with Crippen molar-refractivity contribution in [2.45, 2.75) is 27.3 Å². The molecule has 1 aromatic carbocycles. The molecule has 0 aliphatic heterocycles. The van der Waals surface area contributed by atoms with Crippen LogP contribution in [0.2, 0.25) is 0 Å². The molecule has 0 atom stereocenters. The van der Waals surface area contributed by atoms with Crippen LogP contribution in [-0.4, -0.2) is 16.8 Å². The number of hydrogen-bond acceptors (Lipinski definition) is 3. The minimum absolute atomic E-state index is 0.285. The maximum absolute atomic E-state index is 12.5. The Kier molecular flexibility index (Phi) is 5.72. The average molecular weight is 390 g/mol. The molecule has 1 aromatic heterocycles. The van der Waals surface area contributed by atoms with Gasteiger partial charge < -0.3 is 10.6 Å². The lowest BCUT2D eigenvalue weighted by Gasteiger charge is -2.23. The van der Waals surface area contributed by atoms with Gasteiger partial charge in [0.1, 0.15) is 5.41 Å². The van der Waals surface area contributed by atoms with Gasteiger partial charge in [-0.3, -0.25) is 14.6 Å². The fourth-order valence-electron chi connectivity index (χ4n) is 2.04. The van der Waals surface area contributed by atoms with E-state index in [1.54, 1.807) is 26.1 Å². The summed E-state index contributed by atoms with van der Waals surface area (Å²) in [4.78, 5) is 29.1. The second kappa shape index (κ2) is 7.57. The molecule has 24 heavy (non-hydrogen) atoms. The minimum Gasteiger partial charge on any atom is -0.350 e. The Morgan fingerprint density at radius 3 is 2.54 bits per heavy atom. The Bertz CT molecular complexity index is 745. The van der Waals surface area contributed by atoms with Crippen molar-refractivity contribution in [1.82, 2.24) is 10.3 Å². The summed E-state index contributed by atoms with van der Waals surface area (Å²) in [6.45, 7) is 5.39. The minimum atomic E-state index is -1.20. The quantitative estimate of drug-likeness (QED) is 0.769. The van der Waals surface area contributed by atoms with Crippen molar-refractivity contribution in [3.63, 3.8) is 0 Å². The first kappa shape index (κ1) is 18.1. The van der Waals surface area contributed by atoms with E-state index < -0.39 is 5.41 Å². The highest BCUT2D eigenvalue weighted by atomic mass is 79.9. The third-order valence-corrected chi connectivity index (χ3v) is 4.22. The van der Waals surface area contributed by atoms with E-state index in [1.807, 2.05) is 37.3 Å². The highest BCUT2D eigenvalue weighted by molar-refractivity contribution is 9.10. The first-order chi connectivity index (χ1) is 11.3. The van der Waals surface area contributed by atoms with Crippen LogP contribution in [-0.2, 0) is 16.1 Å². The van der Waals surface area contributed by atoms with Gasteiger partial charge in [-0.05, 0) is 56.7 Å². The van der Waals surface area contributed by atoms with Crippen LogP contribution in [0.3, 0.4) is 0 Å². The molecule has 0 aliphatic rings. The van der Waals surface area contributed by atoms with Crippen molar-refractivity contribution < 1.29 is 9.59 Å². The first-order valence-corrected chi connectivity index (χ1v) is 8.36.